The van der Waals surface area contributed by atoms with Gasteiger partial charge in [0.05, 0.1) is 0 Å². The SMILES string of the molecule is CCC(C)(C)CNC(=O)OC(C)(C)C. The molecule has 84 valence electrons. The lowest BCUT2D eigenvalue weighted by atomic mass is 9.90. The Balaban J connectivity index is 3.87. The number of hydrogen-bond acceptors (Lipinski definition) is 2. The van der Waals surface area contributed by atoms with Crippen molar-refractivity contribution in [3.05, 3.63) is 0 Å². The molecule has 0 aliphatic rings. The molecular weight excluding hydrogens is 178 g/mol. The second-order valence-electron chi connectivity index (χ2n) is 5.37. The van der Waals surface area contributed by atoms with Crippen LogP contribution in [-0.2, 0) is 4.74 Å². The Hall–Kier alpha value is -0.730. The van der Waals surface area contributed by atoms with Crippen molar-refractivity contribution >= 4 is 6.09 Å². The number of amides is 1. The monoisotopic (exact) mass is 201 g/mol. The Labute approximate surface area is 87.2 Å². The minimum atomic E-state index is -0.416. The summed E-state index contributed by atoms with van der Waals surface area (Å²) in [4.78, 5) is 11.3. The Morgan fingerprint density at radius 3 is 2.07 bits per heavy atom. The molecule has 0 aliphatic heterocycles. The van der Waals surface area contributed by atoms with Crippen LogP contribution in [0.5, 0.6) is 0 Å². The average Bonchev–Trinajstić information content (AvgIpc) is 1.98. The zero-order valence-corrected chi connectivity index (χ0v) is 10.2. The molecule has 0 atom stereocenters. The van der Waals surface area contributed by atoms with E-state index in [1.807, 2.05) is 20.8 Å². The maximum absolute atomic E-state index is 11.3. The van der Waals surface area contributed by atoms with Crippen LogP contribution in [0.3, 0.4) is 0 Å². The highest BCUT2D eigenvalue weighted by Crippen LogP contribution is 2.18. The molecule has 0 aromatic carbocycles. The molecule has 0 bridgehead atoms. The molecule has 0 aliphatic carbocycles. The molecule has 14 heavy (non-hydrogen) atoms. The van der Waals surface area contributed by atoms with Gasteiger partial charge in [0, 0.05) is 6.54 Å². The third kappa shape index (κ3) is 6.75. The van der Waals surface area contributed by atoms with E-state index < -0.39 is 5.60 Å². The predicted molar refractivity (Wildman–Crippen MR) is 58.3 cm³/mol. The van der Waals surface area contributed by atoms with Crippen molar-refractivity contribution in [2.45, 2.75) is 53.6 Å². The standard InChI is InChI=1S/C11H23NO2/c1-7-11(5,6)8-12-9(13)14-10(2,3)4/h7-8H2,1-6H3,(H,12,13). The Morgan fingerprint density at radius 2 is 1.71 bits per heavy atom. The van der Waals surface area contributed by atoms with Gasteiger partial charge < -0.3 is 10.1 Å². The summed E-state index contributed by atoms with van der Waals surface area (Å²) in [7, 11) is 0. The van der Waals surface area contributed by atoms with Crippen LogP contribution in [0.2, 0.25) is 0 Å². The van der Waals surface area contributed by atoms with Crippen molar-refractivity contribution in [2.75, 3.05) is 6.54 Å². The van der Waals surface area contributed by atoms with E-state index in [1.54, 1.807) is 0 Å². The Kier molecular flexibility index (Phi) is 4.43. The maximum atomic E-state index is 11.3. The highest BCUT2D eigenvalue weighted by atomic mass is 16.6. The number of ether oxygens (including phenoxy) is 1. The van der Waals surface area contributed by atoms with Gasteiger partial charge in [0.15, 0.2) is 0 Å². The van der Waals surface area contributed by atoms with E-state index in [1.165, 1.54) is 0 Å². The highest BCUT2D eigenvalue weighted by molar-refractivity contribution is 5.67. The summed E-state index contributed by atoms with van der Waals surface area (Å²) in [5.74, 6) is 0. The van der Waals surface area contributed by atoms with E-state index >= 15 is 0 Å². The van der Waals surface area contributed by atoms with Crippen molar-refractivity contribution < 1.29 is 9.53 Å². The number of carbonyl (C=O) groups excluding carboxylic acids is 1. The molecule has 0 saturated heterocycles. The van der Waals surface area contributed by atoms with Crippen molar-refractivity contribution in [2.24, 2.45) is 5.41 Å². The molecule has 0 unspecified atom stereocenters. The molecule has 0 spiro atoms. The Morgan fingerprint density at radius 1 is 1.21 bits per heavy atom. The van der Waals surface area contributed by atoms with Crippen LogP contribution < -0.4 is 5.32 Å². The van der Waals surface area contributed by atoms with Crippen LogP contribution in [0.1, 0.15) is 48.0 Å². The van der Waals surface area contributed by atoms with Gasteiger partial charge >= 0.3 is 6.09 Å². The minimum absolute atomic E-state index is 0.136. The van der Waals surface area contributed by atoms with Crippen molar-refractivity contribution in [3.8, 4) is 0 Å². The second kappa shape index (κ2) is 4.67. The lowest BCUT2D eigenvalue weighted by molar-refractivity contribution is 0.0505. The van der Waals surface area contributed by atoms with Gasteiger partial charge in [-0.25, -0.2) is 4.79 Å². The zero-order valence-electron chi connectivity index (χ0n) is 10.2. The molecule has 0 rings (SSSR count). The topological polar surface area (TPSA) is 38.3 Å². The van der Waals surface area contributed by atoms with E-state index in [9.17, 15) is 4.79 Å². The molecule has 0 saturated carbocycles. The number of carbonyl (C=O) groups is 1. The molecule has 0 fully saturated rings. The first-order valence-electron chi connectivity index (χ1n) is 5.13. The van der Waals surface area contributed by atoms with Crippen LogP contribution in [0.15, 0.2) is 0 Å². The fourth-order valence-electron chi connectivity index (χ4n) is 0.751. The predicted octanol–water partition coefficient (Wildman–Crippen LogP) is 2.95. The van der Waals surface area contributed by atoms with Gasteiger partial charge in [-0.15, -0.1) is 0 Å². The third-order valence-electron chi connectivity index (χ3n) is 2.07. The normalized spacial score (nSPS) is 12.4. The summed E-state index contributed by atoms with van der Waals surface area (Å²) in [5.41, 5.74) is -0.280. The van der Waals surface area contributed by atoms with Crippen molar-refractivity contribution in [1.29, 1.82) is 0 Å². The molecule has 0 radical (unpaired) electrons. The maximum Gasteiger partial charge on any atom is 0.407 e. The molecular formula is C11H23NO2. The first-order chi connectivity index (χ1) is 6.16. The quantitative estimate of drug-likeness (QED) is 0.762. The van der Waals surface area contributed by atoms with E-state index in [0.29, 0.717) is 6.54 Å². The summed E-state index contributed by atoms with van der Waals surface area (Å²) in [5, 5.41) is 2.77. The van der Waals surface area contributed by atoms with Crippen LogP contribution in [-0.4, -0.2) is 18.2 Å². The Bertz CT molecular complexity index is 192. The van der Waals surface area contributed by atoms with Gasteiger partial charge in [0.1, 0.15) is 5.60 Å². The van der Waals surface area contributed by atoms with E-state index in [2.05, 4.69) is 26.1 Å². The zero-order chi connectivity index (χ0) is 11.4. The lowest BCUT2D eigenvalue weighted by Gasteiger charge is -2.25. The fraction of sp³-hybridized carbons (Fsp3) is 0.909. The van der Waals surface area contributed by atoms with Gasteiger partial charge in [-0.1, -0.05) is 20.8 Å². The second-order valence-corrected chi connectivity index (χ2v) is 5.37. The van der Waals surface area contributed by atoms with Crippen LogP contribution in [0, 0.1) is 5.41 Å². The van der Waals surface area contributed by atoms with Gasteiger partial charge in [0.2, 0.25) is 0 Å². The molecule has 3 nitrogen and oxygen atoms in total. The molecule has 0 aromatic heterocycles. The molecule has 3 heteroatoms. The lowest BCUT2D eigenvalue weighted by Crippen LogP contribution is -2.37. The molecule has 1 amide bonds. The van der Waals surface area contributed by atoms with Crippen molar-refractivity contribution in [3.63, 3.8) is 0 Å². The van der Waals surface area contributed by atoms with Gasteiger partial charge in [-0.2, -0.15) is 0 Å². The highest BCUT2D eigenvalue weighted by Gasteiger charge is 2.19. The summed E-state index contributed by atoms with van der Waals surface area (Å²) in [6.07, 6.45) is 0.696. The molecule has 0 heterocycles. The minimum Gasteiger partial charge on any atom is -0.444 e. The van der Waals surface area contributed by atoms with E-state index in [-0.39, 0.29) is 11.5 Å². The van der Waals surface area contributed by atoms with Crippen molar-refractivity contribution in [1.82, 2.24) is 5.32 Å². The van der Waals surface area contributed by atoms with Gasteiger partial charge in [0.25, 0.3) is 0 Å². The summed E-state index contributed by atoms with van der Waals surface area (Å²) in [6.45, 7) is 12.6. The summed E-state index contributed by atoms with van der Waals surface area (Å²) >= 11 is 0. The number of nitrogens with one attached hydrogen (secondary N) is 1. The largest absolute Gasteiger partial charge is 0.444 e. The number of hydrogen-bond donors (Lipinski definition) is 1. The third-order valence-corrected chi connectivity index (χ3v) is 2.07. The van der Waals surface area contributed by atoms with E-state index in [0.717, 1.165) is 6.42 Å². The average molecular weight is 201 g/mol. The van der Waals surface area contributed by atoms with Crippen LogP contribution in [0.25, 0.3) is 0 Å². The first kappa shape index (κ1) is 13.3. The molecule has 0 aromatic rings. The first-order valence-corrected chi connectivity index (χ1v) is 5.13. The van der Waals surface area contributed by atoms with E-state index in [4.69, 9.17) is 4.74 Å². The summed E-state index contributed by atoms with van der Waals surface area (Å²) in [6, 6.07) is 0. The van der Waals surface area contributed by atoms with Gasteiger partial charge in [-0.3, -0.25) is 0 Å². The number of rotatable bonds is 3. The van der Waals surface area contributed by atoms with Gasteiger partial charge in [-0.05, 0) is 32.6 Å². The fourth-order valence-corrected chi connectivity index (χ4v) is 0.751. The smallest absolute Gasteiger partial charge is 0.407 e. The summed E-state index contributed by atoms with van der Waals surface area (Å²) < 4.78 is 5.13. The number of alkyl carbamates (subject to hydrolysis) is 1. The van der Waals surface area contributed by atoms with Crippen LogP contribution in [0.4, 0.5) is 4.79 Å². The molecule has 1 N–H and O–H groups in total. The van der Waals surface area contributed by atoms with Crippen LogP contribution >= 0.6 is 0 Å².